The van der Waals surface area contributed by atoms with Gasteiger partial charge >= 0.3 is 0 Å². The first-order chi connectivity index (χ1) is 17.4. The van der Waals surface area contributed by atoms with E-state index in [1.807, 2.05) is 48.5 Å². The fraction of sp³-hybridized carbons (Fsp3) is 0.419. The lowest BCUT2D eigenvalue weighted by molar-refractivity contribution is 0.0146. The summed E-state index contributed by atoms with van der Waals surface area (Å²) in [6.45, 7) is 7.95. The van der Waals surface area contributed by atoms with Gasteiger partial charge in [0.15, 0.2) is 0 Å². The van der Waals surface area contributed by atoms with Crippen LogP contribution in [0.25, 0.3) is 0 Å². The third-order valence-electron chi connectivity index (χ3n) is 6.90. The topological polar surface area (TPSA) is 32.7 Å². The van der Waals surface area contributed by atoms with Crippen molar-refractivity contribution in [1.82, 2.24) is 4.90 Å². The van der Waals surface area contributed by atoms with Crippen molar-refractivity contribution in [1.29, 1.82) is 0 Å². The Hall–Kier alpha value is -2.04. The zero-order valence-corrected chi connectivity index (χ0v) is 23.1. The number of nitrogens with zero attached hydrogens (tertiary/aromatic N) is 1. The van der Waals surface area contributed by atoms with Crippen molar-refractivity contribution in [2.45, 2.75) is 58.0 Å². The van der Waals surface area contributed by atoms with Gasteiger partial charge in [0.05, 0.1) is 5.60 Å². The molecule has 0 aromatic heterocycles. The molecule has 3 nitrogen and oxygen atoms in total. The highest BCUT2D eigenvalue weighted by molar-refractivity contribution is 6.30. The molecule has 0 saturated carbocycles. The van der Waals surface area contributed by atoms with E-state index in [0.717, 1.165) is 66.7 Å². The molecule has 0 heterocycles. The minimum Gasteiger partial charge on any atom is -0.492 e. The number of likely N-dealkylation sites (N-methyl/N-ethyl adjacent to an activating group) is 1. The van der Waals surface area contributed by atoms with Crippen LogP contribution in [0.2, 0.25) is 10.0 Å². The molecule has 0 radical (unpaired) electrons. The van der Waals surface area contributed by atoms with Gasteiger partial charge in [-0.3, -0.25) is 0 Å². The predicted octanol–water partition coefficient (Wildman–Crippen LogP) is 7.95. The average Bonchev–Trinajstić information content (AvgIpc) is 2.89. The van der Waals surface area contributed by atoms with Gasteiger partial charge in [0, 0.05) is 16.6 Å². The SMILES string of the molecule is CCN(CC)CCOc1ccc(C(O)(CCCc2ccc(Cl)cc2)CCCc2ccc(Cl)cc2)cc1. The summed E-state index contributed by atoms with van der Waals surface area (Å²) in [7, 11) is 0. The molecule has 0 unspecified atom stereocenters. The second-order valence-corrected chi connectivity index (χ2v) is 10.3. The molecule has 0 saturated heterocycles. The Kier molecular flexibility index (Phi) is 11.6. The number of aryl methyl sites for hydroxylation is 2. The van der Waals surface area contributed by atoms with Crippen LogP contribution in [-0.4, -0.2) is 36.2 Å². The van der Waals surface area contributed by atoms with Crippen LogP contribution >= 0.6 is 23.2 Å². The molecule has 0 spiro atoms. The number of halogens is 2. The minimum atomic E-state index is -0.890. The molecule has 0 aliphatic rings. The molecule has 3 rings (SSSR count). The van der Waals surface area contributed by atoms with Gasteiger partial charge in [-0.2, -0.15) is 0 Å². The number of hydrogen-bond donors (Lipinski definition) is 1. The molecule has 5 heteroatoms. The molecule has 194 valence electrons. The second kappa shape index (κ2) is 14.6. The van der Waals surface area contributed by atoms with Gasteiger partial charge in [0.1, 0.15) is 12.4 Å². The van der Waals surface area contributed by atoms with Gasteiger partial charge in [-0.15, -0.1) is 0 Å². The Morgan fingerprint density at radius 1 is 0.722 bits per heavy atom. The smallest absolute Gasteiger partial charge is 0.119 e. The molecule has 3 aromatic rings. The zero-order valence-electron chi connectivity index (χ0n) is 21.6. The van der Waals surface area contributed by atoms with Crippen molar-refractivity contribution in [3.8, 4) is 5.75 Å². The van der Waals surface area contributed by atoms with E-state index in [4.69, 9.17) is 27.9 Å². The van der Waals surface area contributed by atoms with E-state index in [9.17, 15) is 5.11 Å². The normalized spacial score (nSPS) is 11.7. The summed E-state index contributed by atoms with van der Waals surface area (Å²) in [4.78, 5) is 2.34. The van der Waals surface area contributed by atoms with E-state index in [-0.39, 0.29) is 0 Å². The first-order valence-electron chi connectivity index (χ1n) is 13.1. The van der Waals surface area contributed by atoms with Gasteiger partial charge in [0.2, 0.25) is 0 Å². The third-order valence-corrected chi connectivity index (χ3v) is 7.40. The molecular weight excluding hydrogens is 489 g/mol. The minimum absolute atomic E-state index is 0.660. The molecule has 0 bridgehead atoms. The monoisotopic (exact) mass is 527 g/mol. The molecule has 0 aliphatic carbocycles. The number of ether oxygens (including phenoxy) is 1. The Labute approximate surface area is 227 Å². The number of aliphatic hydroxyl groups is 1. The van der Waals surface area contributed by atoms with E-state index in [1.54, 1.807) is 0 Å². The van der Waals surface area contributed by atoms with Crippen molar-refractivity contribution >= 4 is 23.2 Å². The fourth-order valence-electron chi connectivity index (χ4n) is 4.58. The number of rotatable bonds is 15. The van der Waals surface area contributed by atoms with Crippen molar-refractivity contribution in [3.05, 3.63) is 99.5 Å². The highest BCUT2D eigenvalue weighted by atomic mass is 35.5. The quantitative estimate of drug-likeness (QED) is 0.217. The average molecular weight is 529 g/mol. The molecule has 0 aliphatic heterocycles. The van der Waals surface area contributed by atoms with Crippen LogP contribution in [0, 0.1) is 0 Å². The van der Waals surface area contributed by atoms with E-state index >= 15 is 0 Å². The summed E-state index contributed by atoms with van der Waals surface area (Å²) < 4.78 is 5.96. The summed E-state index contributed by atoms with van der Waals surface area (Å²) >= 11 is 12.1. The van der Waals surface area contributed by atoms with Crippen LogP contribution in [0.3, 0.4) is 0 Å². The maximum Gasteiger partial charge on any atom is 0.119 e. The van der Waals surface area contributed by atoms with Crippen molar-refractivity contribution in [3.63, 3.8) is 0 Å². The fourth-order valence-corrected chi connectivity index (χ4v) is 4.83. The van der Waals surface area contributed by atoms with Crippen molar-refractivity contribution in [2.24, 2.45) is 0 Å². The van der Waals surface area contributed by atoms with Crippen LogP contribution in [0.15, 0.2) is 72.8 Å². The van der Waals surface area contributed by atoms with Crippen LogP contribution < -0.4 is 4.74 Å². The molecule has 3 aromatic carbocycles. The molecule has 0 amide bonds. The van der Waals surface area contributed by atoms with E-state index in [1.165, 1.54) is 11.1 Å². The second-order valence-electron chi connectivity index (χ2n) is 9.39. The maximum atomic E-state index is 11.8. The van der Waals surface area contributed by atoms with Crippen LogP contribution in [0.4, 0.5) is 0 Å². The van der Waals surface area contributed by atoms with Crippen LogP contribution in [-0.2, 0) is 18.4 Å². The predicted molar refractivity (Wildman–Crippen MR) is 152 cm³/mol. The molecule has 0 fully saturated rings. The zero-order chi connectivity index (χ0) is 25.8. The lowest BCUT2D eigenvalue weighted by atomic mass is 9.83. The van der Waals surface area contributed by atoms with Crippen LogP contribution in [0.1, 0.15) is 56.2 Å². The van der Waals surface area contributed by atoms with Gasteiger partial charge in [-0.05, 0) is 105 Å². The van der Waals surface area contributed by atoms with Gasteiger partial charge in [0.25, 0.3) is 0 Å². The highest BCUT2D eigenvalue weighted by Gasteiger charge is 2.28. The first kappa shape index (κ1) is 28.5. The molecule has 0 atom stereocenters. The summed E-state index contributed by atoms with van der Waals surface area (Å²) in [5.41, 5.74) is 2.53. The first-order valence-corrected chi connectivity index (χ1v) is 13.8. The summed E-state index contributed by atoms with van der Waals surface area (Å²) in [5.74, 6) is 0.843. The van der Waals surface area contributed by atoms with Gasteiger partial charge < -0.3 is 14.7 Å². The Morgan fingerprint density at radius 2 is 1.19 bits per heavy atom. The van der Waals surface area contributed by atoms with Gasteiger partial charge in [-0.1, -0.05) is 73.4 Å². The van der Waals surface area contributed by atoms with Crippen LogP contribution in [0.5, 0.6) is 5.75 Å². The standard InChI is InChI=1S/C31H39Cl2NO2/c1-3-34(4-2)23-24-36-30-19-13-27(14-20-30)31(35,21-5-7-25-9-15-28(32)16-10-25)22-6-8-26-11-17-29(33)18-12-26/h9-20,35H,3-8,21-24H2,1-2H3. The highest BCUT2D eigenvalue weighted by Crippen LogP contribution is 2.34. The Balaban J connectivity index is 1.63. The number of benzene rings is 3. The Bertz CT molecular complexity index is 964. The van der Waals surface area contributed by atoms with E-state index < -0.39 is 5.60 Å². The Morgan fingerprint density at radius 3 is 1.64 bits per heavy atom. The maximum absolute atomic E-state index is 11.8. The summed E-state index contributed by atoms with van der Waals surface area (Å²) in [6.07, 6.45) is 4.98. The lowest BCUT2D eigenvalue weighted by Gasteiger charge is -2.29. The third kappa shape index (κ3) is 9.12. The largest absolute Gasteiger partial charge is 0.492 e. The summed E-state index contributed by atoms with van der Waals surface area (Å²) in [5, 5.41) is 13.3. The van der Waals surface area contributed by atoms with Gasteiger partial charge in [-0.25, -0.2) is 0 Å². The molecule has 36 heavy (non-hydrogen) atoms. The summed E-state index contributed by atoms with van der Waals surface area (Å²) in [6, 6.07) is 24.0. The van der Waals surface area contributed by atoms with Crippen molar-refractivity contribution in [2.75, 3.05) is 26.2 Å². The molecule has 1 N–H and O–H groups in total. The lowest BCUT2D eigenvalue weighted by Crippen LogP contribution is -2.28. The van der Waals surface area contributed by atoms with E-state index in [2.05, 4.69) is 43.0 Å². The molecular formula is C31H39Cl2NO2. The van der Waals surface area contributed by atoms with Crippen molar-refractivity contribution < 1.29 is 9.84 Å². The number of hydrogen-bond acceptors (Lipinski definition) is 3. The van der Waals surface area contributed by atoms with E-state index in [0.29, 0.717) is 19.4 Å².